The van der Waals surface area contributed by atoms with E-state index in [0.717, 1.165) is 29.4 Å². The monoisotopic (exact) mass is 256 g/mol. The minimum atomic E-state index is -0.438. The van der Waals surface area contributed by atoms with E-state index in [-0.39, 0.29) is 6.04 Å². The van der Waals surface area contributed by atoms with Crippen LogP contribution in [0.2, 0.25) is 0 Å². The molecule has 2 aromatic rings. The smallest absolute Gasteiger partial charge is 0.0943 e. The van der Waals surface area contributed by atoms with Crippen LogP contribution in [0.3, 0.4) is 0 Å². The Morgan fingerprint density at radius 2 is 2.26 bits per heavy atom. The Labute approximate surface area is 113 Å². The molecule has 0 saturated carbocycles. The summed E-state index contributed by atoms with van der Waals surface area (Å²) in [6.07, 6.45) is 3.59. The van der Waals surface area contributed by atoms with E-state index in [1.807, 2.05) is 30.3 Å². The average molecular weight is 256 g/mol. The minimum absolute atomic E-state index is 0.165. The molecule has 1 aliphatic rings. The van der Waals surface area contributed by atoms with Gasteiger partial charge in [0, 0.05) is 17.6 Å². The molecule has 3 heteroatoms. The molecule has 0 amide bonds. The fourth-order valence-electron chi connectivity index (χ4n) is 2.90. The Kier molecular flexibility index (Phi) is 3.49. The third kappa shape index (κ3) is 2.62. The summed E-state index contributed by atoms with van der Waals surface area (Å²) in [5, 5.41) is 15.1. The molecule has 0 aliphatic carbocycles. The van der Waals surface area contributed by atoms with Gasteiger partial charge in [0.2, 0.25) is 0 Å². The molecule has 3 nitrogen and oxygen atoms in total. The first-order valence-corrected chi connectivity index (χ1v) is 7.00. The van der Waals surface area contributed by atoms with Crippen molar-refractivity contribution in [1.82, 2.24) is 10.3 Å². The third-order valence-corrected chi connectivity index (χ3v) is 4.05. The molecule has 1 aliphatic heterocycles. The molecule has 1 saturated heterocycles. The van der Waals surface area contributed by atoms with Crippen LogP contribution in [0.25, 0.3) is 10.9 Å². The summed E-state index contributed by atoms with van der Waals surface area (Å²) in [7, 11) is 0. The number of nitrogens with zero attached hydrogens (tertiary/aromatic N) is 1. The average Bonchev–Trinajstić information content (AvgIpc) is 2.46. The van der Waals surface area contributed by atoms with Crippen molar-refractivity contribution in [3.8, 4) is 0 Å². The molecule has 3 atom stereocenters. The van der Waals surface area contributed by atoms with E-state index in [2.05, 4.69) is 17.2 Å². The Bertz CT molecular complexity index is 569. The van der Waals surface area contributed by atoms with E-state index in [9.17, 15) is 5.11 Å². The number of nitrogens with one attached hydrogen (secondary N) is 1. The first-order valence-electron chi connectivity index (χ1n) is 7.00. The summed E-state index contributed by atoms with van der Waals surface area (Å²) in [6, 6.07) is 10.2. The Balaban J connectivity index is 1.86. The van der Waals surface area contributed by atoms with Gasteiger partial charge >= 0.3 is 0 Å². The quantitative estimate of drug-likeness (QED) is 0.868. The summed E-state index contributed by atoms with van der Waals surface area (Å²) < 4.78 is 0. The van der Waals surface area contributed by atoms with Crippen LogP contribution in [0.5, 0.6) is 0 Å². The molecule has 1 fully saturated rings. The van der Waals surface area contributed by atoms with Crippen LogP contribution in [0.4, 0.5) is 0 Å². The predicted octanol–water partition coefficient (Wildman–Crippen LogP) is 2.66. The van der Waals surface area contributed by atoms with Crippen LogP contribution in [0.1, 0.15) is 31.4 Å². The molecular weight excluding hydrogens is 236 g/mol. The number of hydrogen-bond acceptors (Lipinski definition) is 3. The number of aromatic nitrogens is 1. The molecule has 3 unspecified atom stereocenters. The predicted molar refractivity (Wildman–Crippen MR) is 76.9 cm³/mol. The lowest BCUT2D eigenvalue weighted by atomic mass is 9.88. The second-order valence-corrected chi connectivity index (χ2v) is 5.59. The SMILES string of the molecule is CC1CCNC(C(O)c2ccc3ncccc3c2)C1. The van der Waals surface area contributed by atoms with E-state index in [1.54, 1.807) is 6.20 Å². The highest BCUT2D eigenvalue weighted by Crippen LogP contribution is 2.27. The van der Waals surface area contributed by atoms with E-state index in [0.29, 0.717) is 5.92 Å². The molecule has 0 radical (unpaired) electrons. The molecule has 1 aromatic carbocycles. The zero-order valence-corrected chi connectivity index (χ0v) is 11.2. The third-order valence-electron chi connectivity index (χ3n) is 4.05. The summed E-state index contributed by atoms with van der Waals surface area (Å²) in [5.74, 6) is 0.683. The van der Waals surface area contributed by atoms with Gasteiger partial charge in [0.05, 0.1) is 11.6 Å². The summed E-state index contributed by atoms with van der Waals surface area (Å²) in [5.41, 5.74) is 1.95. The maximum Gasteiger partial charge on any atom is 0.0943 e. The Morgan fingerprint density at radius 1 is 1.37 bits per heavy atom. The number of pyridine rings is 1. The number of hydrogen-bond donors (Lipinski definition) is 2. The number of piperidine rings is 1. The van der Waals surface area contributed by atoms with Gasteiger partial charge in [0.25, 0.3) is 0 Å². The first kappa shape index (κ1) is 12.6. The van der Waals surface area contributed by atoms with E-state index < -0.39 is 6.10 Å². The zero-order chi connectivity index (χ0) is 13.2. The second-order valence-electron chi connectivity index (χ2n) is 5.59. The second kappa shape index (κ2) is 5.27. The van der Waals surface area contributed by atoms with Crippen molar-refractivity contribution >= 4 is 10.9 Å². The Hall–Kier alpha value is -1.45. The normalized spacial score (nSPS) is 25.4. The van der Waals surface area contributed by atoms with Crippen molar-refractivity contribution in [2.45, 2.75) is 31.9 Å². The number of rotatable bonds is 2. The fraction of sp³-hybridized carbons (Fsp3) is 0.438. The highest BCUT2D eigenvalue weighted by Gasteiger charge is 2.25. The summed E-state index contributed by atoms with van der Waals surface area (Å²) in [6.45, 7) is 3.25. The van der Waals surface area contributed by atoms with Crippen LogP contribution in [0.15, 0.2) is 36.5 Å². The van der Waals surface area contributed by atoms with Gasteiger partial charge in [-0.1, -0.05) is 19.1 Å². The van der Waals surface area contributed by atoms with Crippen molar-refractivity contribution in [3.63, 3.8) is 0 Å². The van der Waals surface area contributed by atoms with Crippen LogP contribution in [0, 0.1) is 5.92 Å². The van der Waals surface area contributed by atoms with Gasteiger partial charge in [-0.2, -0.15) is 0 Å². The summed E-state index contributed by atoms with van der Waals surface area (Å²) in [4.78, 5) is 4.31. The Morgan fingerprint density at radius 3 is 3.11 bits per heavy atom. The van der Waals surface area contributed by atoms with Crippen LogP contribution in [-0.4, -0.2) is 22.7 Å². The van der Waals surface area contributed by atoms with E-state index in [4.69, 9.17) is 0 Å². The van der Waals surface area contributed by atoms with Crippen molar-refractivity contribution in [3.05, 3.63) is 42.1 Å². The maximum atomic E-state index is 10.5. The molecule has 0 spiro atoms. The largest absolute Gasteiger partial charge is 0.387 e. The van der Waals surface area contributed by atoms with Crippen LogP contribution < -0.4 is 5.32 Å². The molecule has 2 heterocycles. The van der Waals surface area contributed by atoms with Crippen molar-refractivity contribution in [2.75, 3.05) is 6.54 Å². The molecule has 0 bridgehead atoms. The number of benzene rings is 1. The van der Waals surface area contributed by atoms with Gasteiger partial charge in [0.15, 0.2) is 0 Å². The number of aliphatic hydroxyl groups is 1. The van der Waals surface area contributed by atoms with Crippen LogP contribution >= 0.6 is 0 Å². The van der Waals surface area contributed by atoms with Crippen molar-refractivity contribution in [2.24, 2.45) is 5.92 Å². The molecular formula is C16H20N2O. The lowest BCUT2D eigenvalue weighted by Crippen LogP contribution is -2.41. The first-order chi connectivity index (χ1) is 9.24. The fourth-order valence-corrected chi connectivity index (χ4v) is 2.90. The van der Waals surface area contributed by atoms with Gasteiger partial charge in [0.1, 0.15) is 0 Å². The van der Waals surface area contributed by atoms with E-state index >= 15 is 0 Å². The highest BCUT2D eigenvalue weighted by molar-refractivity contribution is 5.79. The van der Waals surface area contributed by atoms with Crippen molar-refractivity contribution < 1.29 is 5.11 Å². The zero-order valence-electron chi connectivity index (χ0n) is 11.2. The minimum Gasteiger partial charge on any atom is -0.387 e. The van der Waals surface area contributed by atoms with Gasteiger partial charge in [-0.25, -0.2) is 0 Å². The van der Waals surface area contributed by atoms with Gasteiger partial charge < -0.3 is 10.4 Å². The van der Waals surface area contributed by atoms with Gasteiger partial charge in [-0.05, 0) is 49.1 Å². The van der Waals surface area contributed by atoms with Crippen LogP contribution in [-0.2, 0) is 0 Å². The molecule has 100 valence electrons. The molecule has 2 N–H and O–H groups in total. The van der Waals surface area contributed by atoms with Gasteiger partial charge in [-0.3, -0.25) is 4.98 Å². The highest BCUT2D eigenvalue weighted by atomic mass is 16.3. The number of aliphatic hydroxyl groups excluding tert-OH is 1. The molecule has 19 heavy (non-hydrogen) atoms. The van der Waals surface area contributed by atoms with Crippen molar-refractivity contribution in [1.29, 1.82) is 0 Å². The molecule has 1 aromatic heterocycles. The topological polar surface area (TPSA) is 45.1 Å². The molecule has 3 rings (SSSR count). The standard InChI is InChI=1S/C16H20N2O/c1-11-6-8-18-15(9-11)16(19)13-4-5-14-12(10-13)3-2-7-17-14/h2-5,7,10-11,15-16,18-19H,6,8-9H2,1H3. The summed E-state index contributed by atoms with van der Waals surface area (Å²) >= 11 is 0. The number of fused-ring (bicyclic) bond motifs is 1. The lowest BCUT2D eigenvalue weighted by Gasteiger charge is -2.32. The lowest BCUT2D eigenvalue weighted by molar-refractivity contribution is 0.101. The maximum absolute atomic E-state index is 10.5. The van der Waals surface area contributed by atoms with Gasteiger partial charge in [-0.15, -0.1) is 0 Å². The van der Waals surface area contributed by atoms with E-state index in [1.165, 1.54) is 6.42 Å².